The number of carbonyl (C=O) groups excluding carboxylic acids is 1. The SMILES string of the molecule is C[C@H]1C=CC2=CCCC(C(C)(C)C(C)(C)C(=O)O)[C@H]2[C@H]1CC[C@@H]1C[C@@H](O)CC(=O)O1. The third-order valence-corrected chi connectivity index (χ3v) is 8.53. The van der Waals surface area contributed by atoms with Gasteiger partial charge in [-0.25, -0.2) is 0 Å². The van der Waals surface area contributed by atoms with Crippen LogP contribution in [0.15, 0.2) is 23.8 Å². The molecule has 5 heteroatoms. The molecule has 30 heavy (non-hydrogen) atoms. The molecule has 0 aromatic rings. The largest absolute Gasteiger partial charge is 0.481 e. The summed E-state index contributed by atoms with van der Waals surface area (Å²) in [6.07, 6.45) is 10.2. The Morgan fingerprint density at radius 2 is 1.93 bits per heavy atom. The molecule has 0 aromatic carbocycles. The average Bonchev–Trinajstić information content (AvgIpc) is 2.65. The maximum atomic E-state index is 12.1. The molecule has 0 bridgehead atoms. The standard InChI is InChI=1S/C25H38O5/c1-15-9-10-16-7-6-8-20(24(2,3)25(4,5)23(28)29)22(16)19(15)12-11-18-13-17(26)14-21(27)30-18/h7,9-10,15,17-20,22,26H,6,8,11-14H2,1-5H3,(H,28,29)/t15-,17+,18+,19-,20?,22+/m0/s1. The first-order chi connectivity index (χ1) is 13.9. The van der Waals surface area contributed by atoms with E-state index in [1.165, 1.54) is 5.57 Å². The van der Waals surface area contributed by atoms with E-state index in [1.54, 1.807) is 0 Å². The van der Waals surface area contributed by atoms with E-state index < -0.39 is 17.5 Å². The maximum Gasteiger partial charge on any atom is 0.309 e. The van der Waals surface area contributed by atoms with Gasteiger partial charge in [-0.3, -0.25) is 9.59 Å². The number of aliphatic hydroxyl groups excluding tert-OH is 1. The van der Waals surface area contributed by atoms with Gasteiger partial charge in [0.1, 0.15) is 6.10 Å². The van der Waals surface area contributed by atoms with E-state index in [-0.39, 0.29) is 29.8 Å². The molecular weight excluding hydrogens is 380 g/mol. The van der Waals surface area contributed by atoms with Gasteiger partial charge in [-0.2, -0.15) is 0 Å². The van der Waals surface area contributed by atoms with Crippen molar-refractivity contribution in [2.45, 2.75) is 85.4 Å². The zero-order valence-corrected chi connectivity index (χ0v) is 19.1. The summed E-state index contributed by atoms with van der Waals surface area (Å²) in [6, 6.07) is 0. The average molecular weight is 419 g/mol. The highest BCUT2D eigenvalue weighted by molar-refractivity contribution is 5.74. The number of allylic oxidation sites excluding steroid dienone is 4. The van der Waals surface area contributed by atoms with E-state index in [1.807, 2.05) is 13.8 Å². The Labute approximate surface area is 180 Å². The molecule has 1 heterocycles. The van der Waals surface area contributed by atoms with Crippen LogP contribution in [0.3, 0.4) is 0 Å². The molecule has 0 saturated carbocycles. The normalized spacial score (nSPS) is 34.7. The molecule has 1 aliphatic heterocycles. The molecule has 0 radical (unpaired) electrons. The van der Waals surface area contributed by atoms with Gasteiger partial charge in [0.2, 0.25) is 0 Å². The molecule has 0 aromatic heterocycles. The number of fused-ring (bicyclic) bond motifs is 1. The van der Waals surface area contributed by atoms with Gasteiger partial charge in [0.25, 0.3) is 0 Å². The number of aliphatic hydroxyl groups is 1. The molecule has 5 nitrogen and oxygen atoms in total. The van der Waals surface area contributed by atoms with Crippen LogP contribution in [0.1, 0.15) is 73.1 Å². The first-order valence-corrected chi connectivity index (χ1v) is 11.4. The minimum atomic E-state index is -0.835. The van der Waals surface area contributed by atoms with Crippen molar-refractivity contribution in [2.24, 2.45) is 34.5 Å². The van der Waals surface area contributed by atoms with E-state index in [4.69, 9.17) is 4.74 Å². The summed E-state index contributed by atoms with van der Waals surface area (Å²) in [5, 5.41) is 19.9. The second-order valence-electron chi connectivity index (χ2n) is 10.7. The highest BCUT2D eigenvalue weighted by atomic mass is 16.5. The number of carboxylic acids is 1. The van der Waals surface area contributed by atoms with Gasteiger partial charge in [0, 0.05) is 6.42 Å². The molecule has 1 unspecified atom stereocenters. The van der Waals surface area contributed by atoms with Crippen molar-refractivity contribution in [2.75, 3.05) is 0 Å². The zero-order chi connectivity index (χ0) is 22.3. The van der Waals surface area contributed by atoms with Gasteiger partial charge in [-0.1, -0.05) is 39.0 Å². The first kappa shape index (κ1) is 23.1. The molecule has 1 fully saturated rings. The summed E-state index contributed by atoms with van der Waals surface area (Å²) in [5.41, 5.74) is 0.127. The Hall–Kier alpha value is -1.62. The molecular formula is C25H38O5. The second kappa shape index (κ2) is 8.49. The smallest absolute Gasteiger partial charge is 0.309 e. The van der Waals surface area contributed by atoms with Crippen molar-refractivity contribution in [3.05, 3.63) is 23.8 Å². The number of carbonyl (C=O) groups is 2. The fourth-order valence-corrected chi connectivity index (χ4v) is 5.84. The van der Waals surface area contributed by atoms with Crippen molar-refractivity contribution in [3.63, 3.8) is 0 Å². The molecule has 3 aliphatic rings. The lowest BCUT2D eigenvalue weighted by atomic mass is 9.51. The van der Waals surface area contributed by atoms with Crippen molar-refractivity contribution in [1.29, 1.82) is 0 Å². The van der Waals surface area contributed by atoms with Crippen LogP contribution in [0.25, 0.3) is 0 Å². The van der Waals surface area contributed by atoms with Crippen LogP contribution in [-0.2, 0) is 14.3 Å². The fourth-order valence-electron chi connectivity index (χ4n) is 5.84. The monoisotopic (exact) mass is 418 g/mol. The Balaban J connectivity index is 1.84. The number of rotatable bonds is 6. The number of carboxylic acid groups (broad SMARTS) is 1. The Kier molecular flexibility index (Phi) is 6.52. The summed E-state index contributed by atoms with van der Waals surface area (Å²) in [7, 11) is 0. The van der Waals surface area contributed by atoms with Gasteiger partial charge >= 0.3 is 11.9 Å². The molecule has 168 valence electrons. The summed E-state index contributed by atoms with van der Waals surface area (Å²) >= 11 is 0. The first-order valence-electron chi connectivity index (χ1n) is 11.4. The van der Waals surface area contributed by atoms with E-state index in [2.05, 4.69) is 39.0 Å². The van der Waals surface area contributed by atoms with Gasteiger partial charge in [-0.05, 0) is 74.2 Å². The summed E-state index contributed by atoms with van der Waals surface area (Å²) in [4.78, 5) is 23.8. The molecule has 3 rings (SSSR count). The highest BCUT2D eigenvalue weighted by Crippen LogP contribution is 2.56. The van der Waals surface area contributed by atoms with Crippen LogP contribution in [0.5, 0.6) is 0 Å². The predicted octanol–water partition coefficient (Wildman–Crippen LogP) is 4.74. The lowest BCUT2D eigenvalue weighted by molar-refractivity contribution is -0.160. The summed E-state index contributed by atoms with van der Waals surface area (Å²) < 4.78 is 5.49. The van der Waals surface area contributed by atoms with Crippen LogP contribution in [-0.4, -0.2) is 34.4 Å². The number of hydrogen-bond acceptors (Lipinski definition) is 4. The zero-order valence-electron chi connectivity index (χ0n) is 19.1. The van der Waals surface area contributed by atoms with Crippen LogP contribution in [0, 0.1) is 34.5 Å². The molecule has 0 spiro atoms. The number of ether oxygens (including phenoxy) is 1. The fraction of sp³-hybridized carbons (Fsp3) is 0.760. The van der Waals surface area contributed by atoms with Crippen molar-refractivity contribution < 1.29 is 24.5 Å². The maximum absolute atomic E-state index is 12.1. The summed E-state index contributed by atoms with van der Waals surface area (Å²) in [5.74, 6) is 0.254. The van der Waals surface area contributed by atoms with E-state index in [0.29, 0.717) is 24.2 Å². The Morgan fingerprint density at radius 3 is 2.57 bits per heavy atom. The quantitative estimate of drug-likeness (QED) is 0.609. The Morgan fingerprint density at radius 1 is 1.23 bits per heavy atom. The topological polar surface area (TPSA) is 83.8 Å². The van der Waals surface area contributed by atoms with Crippen LogP contribution in [0.2, 0.25) is 0 Å². The second-order valence-corrected chi connectivity index (χ2v) is 10.7. The molecule has 2 aliphatic carbocycles. The van der Waals surface area contributed by atoms with Crippen LogP contribution < -0.4 is 0 Å². The predicted molar refractivity (Wildman–Crippen MR) is 116 cm³/mol. The van der Waals surface area contributed by atoms with Crippen molar-refractivity contribution in [1.82, 2.24) is 0 Å². The number of aliphatic carboxylic acids is 1. The lowest BCUT2D eigenvalue weighted by Crippen LogP contribution is -2.50. The van der Waals surface area contributed by atoms with E-state index >= 15 is 0 Å². The van der Waals surface area contributed by atoms with Crippen LogP contribution >= 0.6 is 0 Å². The van der Waals surface area contributed by atoms with E-state index in [9.17, 15) is 19.8 Å². The molecule has 0 amide bonds. The van der Waals surface area contributed by atoms with Crippen molar-refractivity contribution >= 4 is 11.9 Å². The molecule has 6 atom stereocenters. The number of esters is 1. The van der Waals surface area contributed by atoms with Gasteiger partial charge in [0.15, 0.2) is 0 Å². The van der Waals surface area contributed by atoms with Gasteiger partial charge in [-0.15, -0.1) is 0 Å². The van der Waals surface area contributed by atoms with Gasteiger partial charge in [0.05, 0.1) is 17.9 Å². The number of cyclic esters (lactones) is 1. The van der Waals surface area contributed by atoms with Crippen molar-refractivity contribution in [3.8, 4) is 0 Å². The third kappa shape index (κ3) is 4.23. The Bertz CT molecular complexity index is 732. The lowest BCUT2D eigenvalue weighted by Gasteiger charge is -2.53. The minimum absolute atomic E-state index is 0.0924. The van der Waals surface area contributed by atoms with Gasteiger partial charge < -0.3 is 14.9 Å². The minimum Gasteiger partial charge on any atom is -0.481 e. The molecule has 2 N–H and O–H groups in total. The molecule has 1 saturated heterocycles. The van der Waals surface area contributed by atoms with E-state index in [0.717, 1.165) is 25.7 Å². The number of hydrogen-bond donors (Lipinski definition) is 2. The highest BCUT2D eigenvalue weighted by Gasteiger charge is 2.53. The summed E-state index contributed by atoms with van der Waals surface area (Å²) in [6.45, 7) is 10.2. The van der Waals surface area contributed by atoms with Crippen LogP contribution in [0.4, 0.5) is 0 Å². The third-order valence-electron chi connectivity index (χ3n) is 8.53.